The highest BCUT2D eigenvalue weighted by Gasteiger charge is 2.53. The van der Waals surface area contributed by atoms with Crippen molar-refractivity contribution in [1.82, 2.24) is 10.2 Å². The second-order valence-corrected chi connectivity index (χ2v) is 10.2. The zero-order valence-corrected chi connectivity index (χ0v) is 19.8. The third-order valence-corrected chi connectivity index (χ3v) is 6.92. The predicted octanol–water partition coefficient (Wildman–Crippen LogP) is 3.58. The first-order chi connectivity index (χ1) is 15.6. The van der Waals surface area contributed by atoms with Crippen LogP contribution >= 0.6 is 0 Å². The van der Waals surface area contributed by atoms with Gasteiger partial charge in [0.1, 0.15) is 11.8 Å². The normalized spacial score (nSPS) is 21.4. The standard InChI is InChI=1S/C27H32N2O4/c1-26(2,3)20-9-5-18(6-10-20)15-22(30)24(19-7-11-21(33-4)12-8-19)29-14-13-27(25(29)32)16-23(31)28-17-27/h5-12,24H,13-17H2,1-4H3,(H,28,31). The second kappa shape index (κ2) is 8.65. The molecule has 174 valence electrons. The van der Waals surface area contributed by atoms with Crippen LogP contribution in [0.4, 0.5) is 0 Å². The van der Waals surface area contributed by atoms with Crippen LogP contribution in [-0.4, -0.2) is 42.7 Å². The smallest absolute Gasteiger partial charge is 0.232 e. The van der Waals surface area contributed by atoms with Crippen molar-refractivity contribution < 1.29 is 19.1 Å². The van der Waals surface area contributed by atoms with Gasteiger partial charge in [-0.15, -0.1) is 0 Å². The number of amides is 2. The highest BCUT2D eigenvalue weighted by atomic mass is 16.5. The summed E-state index contributed by atoms with van der Waals surface area (Å²) in [7, 11) is 1.59. The first-order valence-corrected chi connectivity index (χ1v) is 11.5. The average molecular weight is 449 g/mol. The van der Waals surface area contributed by atoms with Crippen LogP contribution in [0.5, 0.6) is 5.75 Å². The van der Waals surface area contributed by atoms with Crippen molar-refractivity contribution >= 4 is 17.6 Å². The molecule has 2 aliphatic rings. The molecule has 2 saturated heterocycles. The zero-order chi connectivity index (χ0) is 23.8. The first kappa shape index (κ1) is 23.0. The van der Waals surface area contributed by atoms with E-state index in [0.29, 0.717) is 25.3 Å². The zero-order valence-electron chi connectivity index (χ0n) is 19.8. The highest BCUT2D eigenvalue weighted by Crippen LogP contribution is 2.42. The fraction of sp³-hybridized carbons (Fsp3) is 0.444. The van der Waals surface area contributed by atoms with Crippen molar-refractivity contribution in [3.8, 4) is 5.75 Å². The number of ketones is 1. The average Bonchev–Trinajstić information content (AvgIpc) is 3.31. The Morgan fingerprint density at radius 2 is 1.76 bits per heavy atom. The fourth-order valence-electron chi connectivity index (χ4n) is 4.87. The minimum Gasteiger partial charge on any atom is -0.497 e. The molecular formula is C27H32N2O4. The van der Waals surface area contributed by atoms with Gasteiger partial charge in [-0.3, -0.25) is 14.4 Å². The van der Waals surface area contributed by atoms with Gasteiger partial charge >= 0.3 is 0 Å². The lowest BCUT2D eigenvalue weighted by atomic mass is 9.85. The lowest BCUT2D eigenvalue weighted by molar-refractivity contribution is -0.142. The van der Waals surface area contributed by atoms with Crippen LogP contribution in [0, 0.1) is 5.41 Å². The Labute approximate surface area is 195 Å². The third kappa shape index (κ3) is 4.52. The van der Waals surface area contributed by atoms with Crippen LogP contribution in [0.1, 0.15) is 56.3 Å². The second-order valence-electron chi connectivity index (χ2n) is 10.2. The summed E-state index contributed by atoms with van der Waals surface area (Å²) in [6, 6.07) is 14.7. The van der Waals surface area contributed by atoms with Gasteiger partial charge in [0.25, 0.3) is 0 Å². The van der Waals surface area contributed by atoms with Crippen molar-refractivity contribution in [3.05, 3.63) is 65.2 Å². The SMILES string of the molecule is COc1ccc(C(C(=O)Cc2ccc(C(C)(C)C)cc2)N2CCC3(CNC(=O)C3)C2=O)cc1. The van der Waals surface area contributed by atoms with Crippen LogP contribution in [0.25, 0.3) is 0 Å². The summed E-state index contributed by atoms with van der Waals surface area (Å²) in [4.78, 5) is 40.7. The van der Waals surface area contributed by atoms with Gasteiger partial charge in [0, 0.05) is 25.9 Å². The first-order valence-electron chi connectivity index (χ1n) is 11.5. The molecule has 0 bridgehead atoms. The number of nitrogens with zero attached hydrogens (tertiary/aromatic N) is 1. The lowest BCUT2D eigenvalue weighted by Gasteiger charge is -2.29. The molecule has 2 aromatic rings. The molecule has 2 atom stereocenters. The summed E-state index contributed by atoms with van der Waals surface area (Å²) >= 11 is 0. The van der Waals surface area contributed by atoms with Crippen molar-refractivity contribution in [2.45, 2.75) is 51.5 Å². The van der Waals surface area contributed by atoms with E-state index in [9.17, 15) is 14.4 Å². The maximum Gasteiger partial charge on any atom is 0.232 e. The summed E-state index contributed by atoms with van der Waals surface area (Å²) in [5.41, 5.74) is 2.20. The van der Waals surface area contributed by atoms with Gasteiger partial charge in [0.15, 0.2) is 5.78 Å². The molecule has 0 saturated carbocycles. The Kier molecular flexibility index (Phi) is 6.04. The van der Waals surface area contributed by atoms with Crippen LogP contribution in [-0.2, 0) is 26.2 Å². The van der Waals surface area contributed by atoms with Gasteiger partial charge in [0.05, 0.1) is 12.5 Å². The van der Waals surface area contributed by atoms with E-state index < -0.39 is 11.5 Å². The van der Waals surface area contributed by atoms with Crippen molar-refractivity contribution in [3.63, 3.8) is 0 Å². The minimum atomic E-state index is -0.726. The fourth-order valence-corrected chi connectivity index (χ4v) is 4.87. The Morgan fingerprint density at radius 3 is 2.30 bits per heavy atom. The Hall–Kier alpha value is -3.15. The van der Waals surface area contributed by atoms with Crippen LogP contribution in [0.2, 0.25) is 0 Å². The molecule has 0 aromatic heterocycles. The van der Waals surface area contributed by atoms with E-state index in [4.69, 9.17) is 4.74 Å². The number of carbonyl (C=O) groups is 3. The topological polar surface area (TPSA) is 75.7 Å². The Balaban J connectivity index is 1.62. The van der Waals surface area contributed by atoms with Gasteiger partial charge in [-0.2, -0.15) is 0 Å². The minimum absolute atomic E-state index is 0.0358. The van der Waals surface area contributed by atoms with E-state index >= 15 is 0 Å². The van der Waals surface area contributed by atoms with E-state index in [1.807, 2.05) is 36.4 Å². The molecule has 1 N–H and O–H groups in total. The summed E-state index contributed by atoms with van der Waals surface area (Å²) < 4.78 is 5.27. The van der Waals surface area contributed by atoms with Gasteiger partial charge in [-0.05, 0) is 40.7 Å². The van der Waals surface area contributed by atoms with Gasteiger partial charge < -0.3 is 15.0 Å². The van der Waals surface area contributed by atoms with E-state index in [1.165, 1.54) is 5.56 Å². The molecule has 2 fully saturated rings. The van der Waals surface area contributed by atoms with E-state index in [-0.39, 0.29) is 35.9 Å². The van der Waals surface area contributed by atoms with Gasteiger partial charge in [0.2, 0.25) is 11.8 Å². The molecule has 2 heterocycles. The molecule has 2 unspecified atom stereocenters. The van der Waals surface area contributed by atoms with Crippen molar-refractivity contribution in [2.24, 2.45) is 5.41 Å². The molecule has 33 heavy (non-hydrogen) atoms. The quantitative estimate of drug-likeness (QED) is 0.733. The Morgan fingerprint density at radius 1 is 1.09 bits per heavy atom. The number of carbonyl (C=O) groups excluding carboxylic acids is 3. The number of methoxy groups -OCH3 is 1. The molecule has 1 spiro atoms. The van der Waals surface area contributed by atoms with Crippen LogP contribution in [0.3, 0.4) is 0 Å². The summed E-state index contributed by atoms with van der Waals surface area (Å²) in [6.45, 7) is 7.27. The number of Topliss-reactive ketones (excluding diaryl/α,β-unsaturated/α-hetero) is 1. The van der Waals surface area contributed by atoms with Crippen molar-refractivity contribution in [2.75, 3.05) is 20.2 Å². The van der Waals surface area contributed by atoms with E-state index in [1.54, 1.807) is 12.0 Å². The van der Waals surface area contributed by atoms with Crippen LogP contribution in [0.15, 0.2) is 48.5 Å². The molecule has 2 aliphatic heterocycles. The molecule has 2 aromatic carbocycles. The van der Waals surface area contributed by atoms with E-state index in [2.05, 4.69) is 38.2 Å². The molecule has 6 nitrogen and oxygen atoms in total. The number of hydrogen-bond acceptors (Lipinski definition) is 4. The number of nitrogens with one attached hydrogen (secondary N) is 1. The maximum absolute atomic E-state index is 13.6. The molecular weight excluding hydrogens is 416 g/mol. The van der Waals surface area contributed by atoms with Crippen LogP contribution < -0.4 is 10.1 Å². The monoisotopic (exact) mass is 448 g/mol. The molecule has 4 rings (SSSR count). The lowest BCUT2D eigenvalue weighted by Crippen LogP contribution is -2.41. The molecule has 2 amide bonds. The maximum atomic E-state index is 13.6. The summed E-state index contributed by atoms with van der Waals surface area (Å²) in [5, 5.41) is 2.80. The number of hydrogen-bond donors (Lipinski definition) is 1. The highest BCUT2D eigenvalue weighted by molar-refractivity contribution is 5.97. The summed E-state index contributed by atoms with van der Waals surface area (Å²) in [5.74, 6) is 0.443. The van der Waals surface area contributed by atoms with Crippen molar-refractivity contribution in [1.29, 1.82) is 0 Å². The third-order valence-electron chi connectivity index (χ3n) is 6.92. The number of benzene rings is 2. The molecule has 6 heteroatoms. The number of ether oxygens (including phenoxy) is 1. The number of rotatable bonds is 6. The predicted molar refractivity (Wildman–Crippen MR) is 126 cm³/mol. The van der Waals surface area contributed by atoms with E-state index in [0.717, 1.165) is 11.1 Å². The molecule has 0 aliphatic carbocycles. The van der Waals surface area contributed by atoms with Gasteiger partial charge in [-0.1, -0.05) is 57.2 Å². The number of likely N-dealkylation sites (tertiary alicyclic amines) is 1. The van der Waals surface area contributed by atoms with Gasteiger partial charge in [-0.25, -0.2) is 0 Å². The Bertz CT molecular complexity index is 1050. The molecule has 0 radical (unpaired) electrons. The largest absolute Gasteiger partial charge is 0.497 e. The summed E-state index contributed by atoms with van der Waals surface area (Å²) in [6.07, 6.45) is 1.000.